The Morgan fingerprint density at radius 3 is 1.19 bits per heavy atom. The second kappa shape index (κ2) is 6.76. The van der Waals surface area contributed by atoms with E-state index in [4.69, 9.17) is 0 Å². The van der Waals surface area contributed by atoms with Crippen LogP contribution in [0.5, 0.6) is 0 Å². The number of hydrogen-bond acceptors (Lipinski definition) is 0. The Balaban J connectivity index is 1.97. The summed E-state index contributed by atoms with van der Waals surface area (Å²) >= 11 is 5.93. The zero-order valence-electron chi connectivity index (χ0n) is 8.19. The molecule has 0 N–H and O–H groups in total. The fourth-order valence-corrected chi connectivity index (χ4v) is 7.76. The normalized spacial score (nSPS) is 10.4. The molecule has 0 aromatic heterocycles. The van der Waals surface area contributed by atoms with Crippen LogP contribution < -0.4 is 8.92 Å². The monoisotopic (exact) mass is 566 g/mol. The number of hydrogen-bond donors (Lipinski definition) is 0. The third kappa shape index (κ3) is 4.31. The molecule has 0 atom stereocenters. The standard InChI is InChI=1S/C12H8I2Se2/c13-9-1-5-11(6-2-9)15-16-12-7-3-10(14)4-8-12/h1-8H. The van der Waals surface area contributed by atoms with Gasteiger partial charge in [-0.3, -0.25) is 0 Å². The first-order valence-corrected chi connectivity index (χ1v) is 12.8. The molecule has 0 nitrogen and oxygen atoms in total. The molecule has 2 aromatic rings. The average Bonchev–Trinajstić information content (AvgIpc) is 2.30. The summed E-state index contributed by atoms with van der Waals surface area (Å²) in [6.45, 7) is 0. The molecule has 0 radical (unpaired) electrons. The van der Waals surface area contributed by atoms with Gasteiger partial charge in [0.1, 0.15) is 0 Å². The van der Waals surface area contributed by atoms with Crippen LogP contribution in [0.15, 0.2) is 48.5 Å². The van der Waals surface area contributed by atoms with E-state index >= 15 is 0 Å². The molecule has 0 heterocycles. The molecule has 0 aliphatic rings. The van der Waals surface area contributed by atoms with Crippen LogP contribution in [0.2, 0.25) is 0 Å². The zero-order chi connectivity index (χ0) is 11.4. The summed E-state index contributed by atoms with van der Waals surface area (Å²) in [6.07, 6.45) is 0. The van der Waals surface area contributed by atoms with E-state index in [-0.39, 0.29) is 0 Å². The molecule has 4 heteroatoms. The molecule has 0 amide bonds. The molecule has 82 valence electrons. The molecule has 0 fully saturated rings. The molecule has 0 saturated heterocycles. The van der Waals surface area contributed by atoms with E-state index in [0.717, 1.165) is 0 Å². The van der Waals surface area contributed by atoms with Gasteiger partial charge in [0, 0.05) is 0 Å². The van der Waals surface area contributed by atoms with Crippen LogP contribution in [0.25, 0.3) is 0 Å². The first-order valence-electron chi connectivity index (χ1n) is 4.60. The predicted molar refractivity (Wildman–Crippen MR) is 89.1 cm³/mol. The zero-order valence-corrected chi connectivity index (χ0v) is 15.9. The van der Waals surface area contributed by atoms with Gasteiger partial charge in [-0.1, -0.05) is 0 Å². The van der Waals surface area contributed by atoms with Gasteiger partial charge in [-0.2, -0.15) is 0 Å². The minimum atomic E-state index is 0.615. The van der Waals surface area contributed by atoms with Crippen molar-refractivity contribution in [3.63, 3.8) is 0 Å². The van der Waals surface area contributed by atoms with Crippen molar-refractivity contribution in [1.29, 1.82) is 0 Å². The van der Waals surface area contributed by atoms with Gasteiger partial charge in [-0.15, -0.1) is 0 Å². The molecule has 0 aliphatic heterocycles. The molecular weight excluding hydrogens is 556 g/mol. The van der Waals surface area contributed by atoms with Crippen LogP contribution in [0, 0.1) is 7.14 Å². The van der Waals surface area contributed by atoms with Crippen LogP contribution in [-0.2, 0) is 0 Å². The third-order valence-corrected chi connectivity index (χ3v) is 10.5. The van der Waals surface area contributed by atoms with E-state index in [1.807, 2.05) is 0 Å². The van der Waals surface area contributed by atoms with Crippen molar-refractivity contribution < 1.29 is 0 Å². The van der Waals surface area contributed by atoms with E-state index in [2.05, 4.69) is 93.7 Å². The average molecular weight is 564 g/mol. The molecular formula is C12H8I2Se2. The van der Waals surface area contributed by atoms with E-state index < -0.39 is 0 Å². The first kappa shape index (κ1) is 13.4. The maximum absolute atomic E-state index is 2.35. The summed E-state index contributed by atoms with van der Waals surface area (Å²) in [7, 11) is 0. The Labute approximate surface area is 134 Å². The van der Waals surface area contributed by atoms with Gasteiger partial charge in [-0.05, 0) is 0 Å². The van der Waals surface area contributed by atoms with Gasteiger partial charge in [0.2, 0.25) is 0 Å². The van der Waals surface area contributed by atoms with Crippen LogP contribution in [0.3, 0.4) is 0 Å². The van der Waals surface area contributed by atoms with Crippen molar-refractivity contribution >= 4 is 80.4 Å². The predicted octanol–water partition coefficient (Wildman–Crippen LogP) is 2.17. The van der Waals surface area contributed by atoms with Gasteiger partial charge < -0.3 is 0 Å². The van der Waals surface area contributed by atoms with Crippen LogP contribution in [0.1, 0.15) is 0 Å². The van der Waals surface area contributed by atoms with E-state index in [0.29, 0.717) is 26.3 Å². The summed E-state index contributed by atoms with van der Waals surface area (Å²) in [5.74, 6) is 0. The fourth-order valence-electron chi connectivity index (χ4n) is 1.08. The van der Waals surface area contributed by atoms with Crippen molar-refractivity contribution in [2.75, 3.05) is 0 Å². The molecule has 0 saturated carbocycles. The second-order valence-electron chi connectivity index (χ2n) is 3.07. The summed E-state index contributed by atoms with van der Waals surface area (Å²) in [5, 5.41) is 0. The Bertz CT molecular complexity index is 406. The third-order valence-electron chi connectivity index (χ3n) is 1.86. The van der Waals surface area contributed by atoms with Crippen LogP contribution in [0.4, 0.5) is 0 Å². The Hall–Kier alpha value is 0.939. The summed E-state index contributed by atoms with van der Waals surface area (Å²) < 4.78 is 5.65. The Morgan fingerprint density at radius 2 is 0.875 bits per heavy atom. The van der Waals surface area contributed by atoms with Crippen molar-refractivity contribution in [2.24, 2.45) is 0 Å². The molecule has 2 rings (SSSR count). The number of benzene rings is 2. The molecule has 0 aliphatic carbocycles. The van der Waals surface area contributed by atoms with E-state index in [9.17, 15) is 0 Å². The maximum atomic E-state index is 2.35. The van der Waals surface area contributed by atoms with Crippen molar-refractivity contribution in [3.8, 4) is 0 Å². The van der Waals surface area contributed by atoms with Crippen molar-refractivity contribution in [2.45, 2.75) is 0 Å². The molecule has 16 heavy (non-hydrogen) atoms. The fraction of sp³-hybridized carbons (Fsp3) is 0. The quantitative estimate of drug-likeness (QED) is 0.397. The van der Waals surface area contributed by atoms with E-state index in [1.54, 1.807) is 0 Å². The summed E-state index contributed by atoms with van der Waals surface area (Å²) in [5.41, 5.74) is 0. The summed E-state index contributed by atoms with van der Waals surface area (Å²) in [6, 6.07) is 17.8. The van der Waals surface area contributed by atoms with Gasteiger partial charge in [0.15, 0.2) is 0 Å². The molecule has 2 aromatic carbocycles. The Kier molecular flexibility index (Phi) is 5.65. The second-order valence-corrected chi connectivity index (χ2v) is 11.9. The topological polar surface area (TPSA) is 0 Å². The number of halogens is 2. The van der Waals surface area contributed by atoms with Crippen molar-refractivity contribution in [1.82, 2.24) is 0 Å². The SMILES string of the molecule is Ic1ccc([Se][Se]c2ccc(I)cc2)cc1. The summed E-state index contributed by atoms with van der Waals surface area (Å²) in [4.78, 5) is 0. The van der Waals surface area contributed by atoms with Gasteiger partial charge >= 0.3 is 136 Å². The van der Waals surface area contributed by atoms with E-state index in [1.165, 1.54) is 16.1 Å². The van der Waals surface area contributed by atoms with Crippen LogP contribution in [-0.4, -0.2) is 26.3 Å². The molecule has 0 bridgehead atoms. The number of rotatable bonds is 3. The van der Waals surface area contributed by atoms with Crippen LogP contribution >= 0.6 is 45.2 Å². The van der Waals surface area contributed by atoms with Gasteiger partial charge in [0.25, 0.3) is 0 Å². The first-order chi connectivity index (χ1) is 7.74. The van der Waals surface area contributed by atoms with Gasteiger partial charge in [0.05, 0.1) is 0 Å². The minimum absolute atomic E-state index is 0.615. The Morgan fingerprint density at radius 1 is 0.562 bits per heavy atom. The van der Waals surface area contributed by atoms with Crippen molar-refractivity contribution in [3.05, 3.63) is 55.7 Å². The van der Waals surface area contributed by atoms with Gasteiger partial charge in [-0.25, -0.2) is 0 Å². The molecule has 0 unspecified atom stereocenters. The molecule has 0 spiro atoms.